The van der Waals surface area contributed by atoms with Crippen LogP contribution in [0.15, 0.2) is 54.5 Å². The lowest BCUT2D eigenvalue weighted by Crippen LogP contribution is -2.34. The fourth-order valence-electron chi connectivity index (χ4n) is 4.84. The van der Waals surface area contributed by atoms with Crippen molar-refractivity contribution in [1.82, 2.24) is 24.3 Å². The first-order valence-electron chi connectivity index (χ1n) is 11.8. The zero-order chi connectivity index (χ0) is 24.8. The van der Waals surface area contributed by atoms with Gasteiger partial charge in [0.25, 0.3) is 0 Å². The van der Waals surface area contributed by atoms with Crippen molar-refractivity contribution in [3.05, 3.63) is 77.4 Å². The number of fused-ring (bicyclic) bond motifs is 1. The lowest BCUT2D eigenvalue weighted by atomic mass is 9.86. The Hall–Kier alpha value is -3.52. The molecule has 1 fully saturated rings. The first kappa shape index (κ1) is 23.2. The summed E-state index contributed by atoms with van der Waals surface area (Å²) in [5, 5.41) is 4.61. The molecule has 1 saturated carbocycles. The van der Waals surface area contributed by atoms with E-state index in [2.05, 4.69) is 10.1 Å². The van der Waals surface area contributed by atoms with Crippen LogP contribution in [0.1, 0.15) is 42.7 Å². The Labute approximate surface area is 204 Å². The van der Waals surface area contributed by atoms with E-state index >= 15 is 0 Å². The standard InChI is InChI=1S/C27H30FN5O2/c1-6-27(35-5,20-11-12-26(28)15-21(26)14-20)25-30-24(31-32(25)3)10-8-19-7-9-22(23(13-19)34-4)33-16-18(2)29-17-33/h7-14,16-17,21H,6,15H2,1-5H3/b10-8+/t21?,26?,27-/m1/s1. The predicted molar refractivity (Wildman–Crippen MR) is 133 cm³/mol. The Balaban J connectivity index is 1.43. The van der Waals surface area contributed by atoms with Crippen molar-refractivity contribution in [2.75, 3.05) is 14.2 Å². The third kappa shape index (κ3) is 4.01. The Bertz CT molecular complexity index is 1350. The number of ether oxygens (including phenoxy) is 2. The Kier molecular flexibility index (Phi) is 5.71. The monoisotopic (exact) mass is 475 g/mol. The van der Waals surface area contributed by atoms with Gasteiger partial charge in [-0.3, -0.25) is 0 Å². The highest BCUT2D eigenvalue weighted by molar-refractivity contribution is 5.69. The fourth-order valence-corrected chi connectivity index (χ4v) is 4.84. The fraction of sp³-hybridized carbons (Fsp3) is 0.370. The van der Waals surface area contributed by atoms with Crippen LogP contribution in [-0.2, 0) is 17.4 Å². The first-order chi connectivity index (χ1) is 16.8. The lowest BCUT2D eigenvalue weighted by Gasteiger charge is -2.32. The van der Waals surface area contributed by atoms with Gasteiger partial charge in [0, 0.05) is 26.3 Å². The van der Waals surface area contributed by atoms with Crippen LogP contribution in [0, 0.1) is 12.8 Å². The van der Waals surface area contributed by atoms with E-state index in [4.69, 9.17) is 14.5 Å². The predicted octanol–water partition coefficient (Wildman–Crippen LogP) is 4.96. The average Bonchev–Trinajstić information content (AvgIpc) is 3.13. The molecule has 3 aromatic rings. The molecule has 5 rings (SSSR count). The zero-order valence-electron chi connectivity index (χ0n) is 20.7. The topological polar surface area (TPSA) is 67.0 Å². The van der Waals surface area contributed by atoms with E-state index < -0.39 is 11.3 Å². The molecule has 0 saturated heterocycles. The highest BCUT2D eigenvalue weighted by atomic mass is 19.1. The molecular formula is C27H30FN5O2. The van der Waals surface area contributed by atoms with Gasteiger partial charge in [-0.15, -0.1) is 0 Å². The summed E-state index contributed by atoms with van der Waals surface area (Å²) in [4.78, 5) is 9.10. The normalized spacial score (nSPS) is 22.7. The minimum absolute atomic E-state index is 0.0830. The molecule has 2 aliphatic carbocycles. The van der Waals surface area contributed by atoms with Crippen molar-refractivity contribution in [2.24, 2.45) is 13.0 Å². The van der Waals surface area contributed by atoms with Gasteiger partial charge >= 0.3 is 0 Å². The van der Waals surface area contributed by atoms with E-state index in [0.717, 1.165) is 28.3 Å². The van der Waals surface area contributed by atoms with Crippen molar-refractivity contribution < 1.29 is 13.9 Å². The molecule has 0 radical (unpaired) electrons. The number of imidazole rings is 1. The number of benzene rings is 1. The molecule has 8 heteroatoms. The summed E-state index contributed by atoms with van der Waals surface area (Å²) in [6, 6.07) is 5.97. The van der Waals surface area contributed by atoms with Crippen molar-refractivity contribution in [3.63, 3.8) is 0 Å². The van der Waals surface area contributed by atoms with E-state index in [9.17, 15) is 4.39 Å². The smallest absolute Gasteiger partial charge is 0.174 e. The second-order valence-corrected chi connectivity index (χ2v) is 9.18. The molecule has 0 spiro atoms. The summed E-state index contributed by atoms with van der Waals surface area (Å²) in [6.45, 7) is 3.99. The highest BCUT2D eigenvalue weighted by Crippen LogP contribution is 2.54. The SMILES string of the molecule is CC[C@@](OC)(C1=CC2CC2(F)C=C1)c1nc(/C=C/c2ccc(-n3cnc(C)c3)c(OC)c2)nn1C. The van der Waals surface area contributed by atoms with Crippen LogP contribution in [0.2, 0.25) is 0 Å². The molecule has 0 aliphatic heterocycles. The number of allylic oxidation sites excluding steroid dienone is 2. The van der Waals surface area contributed by atoms with E-state index in [1.807, 2.05) is 74.2 Å². The Morgan fingerprint density at radius 1 is 1.29 bits per heavy atom. The molecule has 1 aromatic carbocycles. The molecule has 2 heterocycles. The first-order valence-corrected chi connectivity index (χ1v) is 11.8. The maximum absolute atomic E-state index is 14.4. The van der Waals surface area contributed by atoms with Gasteiger partial charge in [0.1, 0.15) is 11.4 Å². The second-order valence-electron chi connectivity index (χ2n) is 9.18. The minimum Gasteiger partial charge on any atom is -0.495 e. The number of alkyl halides is 1. The van der Waals surface area contributed by atoms with Crippen molar-refractivity contribution in [3.8, 4) is 11.4 Å². The van der Waals surface area contributed by atoms with Crippen molar-refractivity contribution >= 4 is 12.2 Å². The highest BCUT2D eigenvalue weighted by Gasteiger charge is 2.55. The van der Waals surface area contributed by atoms with E-state index in [1.165, 1.54) is 0 Å². The van der Waals surface area contributed by atoms with Crippen LogP contribution in [0.3, 0.4) is 0 Å². The molecule has 2 aliphatic rings. The molecule has 182 valence electrons. The van der Waals surface area contributed by atoms with Crippen LogP contribution < -0.4 is 4.74 Å². The number of hydrogen-bond acceptors (Lipinski definition) is 5. The number of methoxy groups -OCH3 is 2. The summed E-state index contributed by atoms with van der Waals surface area (Å²) >= 11 is 0. The van der Waals surface area contributed by atoms with Crippen LogP contribution >= 0.6 is 0 Å². The quantitative estimate of drug-likeness (QED) is 0.461. The summed E-state index contributed by atoms with van der Waals surface area (Å²) < 4.78 is 29.7. The summed E-state index contributed by atoms with van der Waals surface area (Å²) in [5.41, 5.74) is 1.76. The van der Waals surface area contributed by atoms with Gasteiger partial charge in [-0.25, -0.2) is 19.0 Å². The van der Waals surface area contributed by atoms with Crippen LogP contribution in [-0.4, -0.2) is 44.2 Å². The number of hydrogen-bond donors (Lipinski definition) is 0. The lowest BCUT2D eigenvalue weighted by molar-refractivity contribution is 0.00671. The molecule has 0 bridgehead atoms. The number of nitrogens with zero attached hydrogens (tertiary/aromatic N) is 5. The van der Waals surface area contributed by atoms with Gasteiger partial charge in [-0.2, -0.15) is 5.10 Å². The molecule has 3 atom stereocenters. The molecule has 35 heavy (non-hydrogen) atoms. The summed E-state index contributed by atoms with van der Waals surface area (Å²) in [5.74, 6) is 1.91. The van der Waals surface area contributed by atoms with Gasteiger partial charge in [-0.1, -0.05) is 31.2 Å². The molecular weight excluding hydrogens is 445 g/mol. The zero-order valence-corrected chi connectivity index (χ0v) is 20.7. The van der Waals surface area contributed by atoms with Crippen molar-refractivity contribution in [1.29, 1.82) is 0 Å². The van der Waals surface area contributed by atoms with E-state index in [1.54, 1.807) is 31.3 Å². The largest absolute Gasteiger partial charge is 0.495 e. The van der Waals surface area contributed by atoms with Gasteiger partial charge in [-0.05, 0) is 55.2 Å². The van der Waals surface area contributed by atoms with Gasteiger partial charge in [0.05, 0.1) is 24.8 Å². The molecule has 0 amide bonds. The maximum Gasteiger partial charge on any atom is 0.174 e. The maximum atomic E-state index is 14.4. The van der Waals surface area contributed by atoms with Crippen LogP contribution in [0.4, 0.5) is 4.39 Å². The van der Waals surface area contributed by atoms with Crippen LogP contribution in [0.5, 0.6) is 5.75 Å². The Morgan fingerprint density at radius 2 is 2.11 bits per heavy atom. The second kappa shape index (κ2) is 8.61. The third-order valence-electron chi connectivity index (χ3n) is 6.98. The molecule has 0 N–H and O–H groups in total. The Morgan fingerprint density at radius 3 is 2.77 bits per heavy atom. The van der Waals surface area contributed by atoms with Gasteiger partial charge in [0.15, 0.2) is 17.2 Å². The molecule has 2 aromatic heterocycles. The average molecular weight is 476 g/mol. The molecule has 2 unspecified atom stereocenters. The minimum atomic E-state index is -1.18. The number of halogens is 1. The third-order valence-corrected chi connectivity index (χ3v) is 6.98. The summed E-state index contributed by atoms with van der Waals surface area (Å²) in [6.07, 6.45) is 14.2. The van der Waals surface area contributed by atoms with Crippen LogP contribution in [0.25, 0.3) is 17.8 Å². The van der Waals surface area contributed by atoms with Gasteiger partial charge in [0.2, 0.25) is 0 Å². The number of rotatable bonds is 8. The number of aromatic nitrogens is 5. The van der Waals surface area contributed by atoms with Gasteiger partial charge < -0.3 is 14.0 Å². The summed E-state index contributed by atoms with van der Waals surface area (Å²) in [7, 11) is 5.18. The number of aryl methyl sites for hydroxylation is 2. The van der Waals surface area contributed by atoms with E-state index in [-0.39, 0.29) is 5.92 Å². The van der Waals surface area contributed by atoms with Crippen molar-refractivity contribution in [2.45, 2.75) is 38.0 Å². The molecule has 7 nitrogen and oxygen atoms in total. The van der Waals surface area contributed by atoms with E-state index in [0.29, 0.717) is 24.5 Å².